The molecule has 0 saturated carbocycles. The van der Waals surface area contributed by atoms with Gasteiger partial charge in [-0.3, -0.25) is 4.40 Å². The summed E-state index contributed by atoms with van der Waals surface area (Å²) in [5.74, 6) is 0.695. The van der Waals surface area contributed by atoms with E-state index in [1.54, 1.807) is 0 Å². The summed E-state index contributed by atoms with van der Waals surface area (Å²) in [6.07, 6.45) is 2.06. The van der Waals surface area contributed by atoms with Crippen LogP contribution in [0.5, 0.6) is 0 Å². The zero-order chi connectivity index (χ0) is 33.7. The van der Waals surface area contributed by atoms with Crippen molar-refractivity contribution >= 4 is 38.4 Å². The molecular weight excluding hydrogens is 623 g/mol. The topological polar surface area (TPSA) is 56.0 Å². The number of hydrogen-bond donors (Lipinski definition) is 0. The number of hydrogen-bond acceptors (Lipinski definition) is 4. The van der Waals surface area contributed by atoms with Crippen molar-refractivity contribution in [3.8, 4) is 56.3 Å². The molecule has 10 aromatic rings. The highest BCUT2D eigenvalue weighted by Gasteiger charge is 2.22. The van der Waals surface area contributed by atoms with E-state index in [-0.39, 0.29) is 0 Å². The molecule has 0 fully saturated rings. The third kappa shape index (κ3) is 4.86. The van der Waals surface area contributed by atoms with Gasteiger partial charge in [-0.15, -0.1) is 0 Å². The number of fused-ring (bicyclic) bond motifs is 6. The number of imidazole rings is 1. The van der Waals surface area contributed by atoms with Crippen LogP contribution < -0.4 is 0 Å². The van der Waals surface area contributed by atoms with Gasteiger partial charge in [0.05, 0.1) is 28.1 Å². The number of nitrogens with zero attached hydrogens (tertiary/aromatic N) is 5. The van der Waals surface area contributed by atoms with E-state index in [0.29, 0.717) is 5.82 Å². The molecule has 238 valence electrons. The van der Waals surface area contributed by atoms with Crippen LogP contribution in [0.4, 0.5) is 0 Å². The van der Waals surface area contributed by atoms with Gasteiger partial charge in [0.2, 0.25) is 0 Å². The number of aromatic nitrogens is 5. The van der Waals surface area contributed by atoms with Gasteiger partial charge >= 0.3 is 0 Å². The lowest BCUT2D eigenvalue weighted by atomic mass is 9.93. The first kappa shape index (κ1) is 29.0. The van der Waals surface area contributed by atoms with E-state index in [4.69, 9.17) is 19.9 Å². The average Bonchev–Trinajstić information content (AvgIpc) is 3.61. The minimum Gasteiger partial charge on any atom is -0.298 e. The third-order valence-corrected chi connectivity index (χ3v) is 9.63. The Hall–Kier alpha value is -6.98. The van der Waals surface area contributed by atoms with E-state index >= 15 is 0 Å². The summed E-state index contributed by atoms with van der Waals surface area (Å²) >= 11 is 0. The Kier molecular flexibility index (Phi) is 6.74. The van der Waals surface area contributed by atoms with Crippen molar-refractivity contribution in [2.45, 2.75) is 0 Å². The van der Waals surface area contributed by atoms with Crippen molar-refractivity contribution in [2.75, 3.05) is 0 Å². The second kappa shape index (κ2) is 11.9. The normalized spacial score (nSPS) is 11.5. The van der Waals surface area contributed by atoms with Gasteiger partial charge in [0, 0.05) is 39.4 Å². The number of rotatable bonds is 5. The van der Waals surface area contributed by atoms with Crippen molar-refractivity contribution in [3.63, 3.8) is 0 Å². The molecule has 5 heteroatoms. The zero-order valence-electron chi connectivity index (χ0n) is 27.5. The van der Waals surface area contributed by atoms with Crippen LogP contribution in [0.15, 0.2) is 176 Å². The van der Waals surface area contributed by atoms with Crippen LogP contribution >= 0.6 is 0 Å². The van der Waals surface area contributed by atoms with Crippen molar-refractivity contribution in [3.05, 3.63) is 176 Å². The summed E-state index contributed by atoms with van der Waals surface area (Å²) < 4.78 is 2.14. The van der Waals surface area contributed by atoms with E-state index < -0.39 is 0 Å². The van der Waals surface area contributed by atoms with E-state index in [2.05, 4.69) is 138 Å². The largest absolute Gasteiger partial charge is 0.298 e. The molecule has 0 radical (unpaired) electrons. The first-order chi connectivity index (χ1) is 25.3. The van der Waals surface area contributed by atoms with Crippen LogP contribution in [0.2, 0.25) is 0 Å². The zero-order valence-corrected chi connectivity index (χ0v) is 27.5. The molecular formula is C46H29N5. The van der Waals surface area contributed by atoms with Gasteiger partial charge in [-0.05, 0) is 34.5 Å². The molecule has 5 nitrogen and oxygen atoms in total. The van der Waals surface area contributed by atoms with Gasteiger partial charge in [-0.1, -0.05) is 152 Å². The van der Waals surface area contributed by atoms with Crippen molar-refractivity contribution in [1.29, 1.82) is 0 Å². The van der Waals surface area contributed by atoms with Crippen LogP contribution in [0.1, 0.15) is 0 Å². The van der Waals surface area contributed by atoms with Gasteiger partial charge in [0.25, 0.3) is 0 Å². The molecule has 0 spiro atoms. The second-order valence-electron chi connectivity index (χ2n) is 12.7. The molecule has 6 aromatic carbocycles. The minimum absolute atomic E-state index is 0.695. The molecule has 0 saturated heterocycles. The molecule has 0 aliphatic rings. The standard InChI is InChI=1S/C46H29N5/c1-3-15-32(16-4-1)41-40(42(33-17-5-2-6-18-33)50-46(49-41)36-22-13-19-30-14-7-8-20-35(30)36)31-25-27-34(28-26-31)43-45-44(37-21-9-10-23-38(37)47-43)48-39-24-11-12-29-51(39)45/h1-29H. The lowest BCUT2D eigenvalue weighted by Gasteiger charge is -2.18. The van der Waals surface area contributed by atoms with Crippen LogP contribution in [-0.2, 0) is 0 Å². The fourth-order valence-electron chi connectivity index (χ4n) is 7.24. The van der Waals surface area contributed by atoms with E-state index in [1.165, 1.54) is 0 Å². The van der Waals surface area contributed by atoms with Crippen LogP contribution in [0.25, 0.3) is 94.6 Å². The van der Waals surface area contributed by atoms with E-state index in [1.807, 2.05) is 42.5 Å². The van der Waals surface area contributed by atoms with E-state index in [9.17, 15) is 0 Å². The summed E-state index contributed by atoms with van der Waals surface area (Å²) in [5.41, 5.74) is 12.5. The predicted octanol–water partition coefficient (Wildman–Crippen LogP) is 11.3. The Bertz CT molecular complexity index is 2830. The lowest BCUT2D eigenvalue weighted by molar-refractivity contribution is 1.19. The molecule has 0 N–H and O–H groups in total. The van der Waals surface area contributed by atoms with Gasteiger partial charge in [0.15, 0.2) is 5.82 Å². The van der Waals surface area contributed by atoms with Crippen molar-refractivity contribution in [1.82, 2.24) is 24.3 Å². The molecule has 4 heterocycles. The van der Waals surface area contributed by atoms with Crippen LogP contribution in [0, 0.1) is 0 Å². The van der Waals surface area contributed by atoms with Crippen molar-refractivity contribution in [2.24, 2.45) is 0 Å². The maximum Gasteiger partial charge on any atom is 0.161 e. The highest BCUT2D eigenvalue weighted by atomic mass is 15.0. The molecule has 0 aliphatic carbocycles. The molecule has 4 aromatic heterocycles. The number of benzene rings is 6. The highest BCUT2D eigenvalue weighted by Crippen LogP contribution is 2.41. The molecule has 0 atom stereocenters. The molecule has 10 rings (SSSR count). The van der Waals surface area contributed by atoms with Gasteiger partial charge < -0.3 is 0 Å². The summed E-state index contributed by atoms with van der Waals surface area (Å²) in [4.78, 5) is 21.0. The summed E-state index contributed by atoms with van der Waals surface area (Å²) in [6.45, 7) is 0. The monoisotopic (exact) mass is 651 g/mol. The number of pyridine rings is 2. The first-order valence-electron chi connectivity index (χ1n) is 17.1. The average molecular weight is 652 g/mol. The molecule has 0 bridgehead atoms. The fraction of sp³-hybridized carbons (Fsp3) is 0. The van der Waals surface area contributed by atoms with E-state index in [0.717, 1.165) is 88.8 Å². The maximum absolute atomic E-state index is 5.37. The van der Waals surface area contributed by atoms with Crippen LogP contribution in [0.3, 0.4) is 0 Å². The second-order valence-corrected chi connectivity index (χ2v) is 12.7. The van der Waals surface area contributed by atoms with Crippen molar-refractivity contribution < 1.29 is 0 Å². The van der Waals surface area contributed by atoms with Gasteiger partial charge in [0.1, 0.15) is 11.2 Å². The maximum atomic E-state index is 5.37. The fourth-order valence-corrected chi connectivity index (χ4v) is 7.24. The quantitative estimate of drug-likeness (QED) is 0.186. The number of para-hydroxylation sites is 1. The third-order valence-electron chi connectivity index (χ3n) is 9.63. The van der Waals surface area contributed by atoms with Gasteiger partial charge in [-0.2, -0.15) is 0 Å². The lowest BCUT2D eigenvalue weighted by Crippen LogP contribution is -2.01. The van der Waals surface area contributed by atoms with Crippen LogP contribution in [-0.4, -0.2) is 24.3 Å². The Morgan fingerprint density at radius 2 is 0.980 bits per heavy atom. The predicted molar refractivity (Wildman–Crippen MR) is 208 cm³/mol. The Labute approximate surface area is 294 Å². The molecule has 0 unspecified atom stereocenters. The molecule has 0 aliphatic heterocycles. The first-order valence-corrected chi connectivity index (χ1v) is 17.1. The molecule has 0 amide bonds. The minimum atomic E-state index is 0.695. The SMILES string of the molecule is c1ccc(-c2nc(-c3cccc4ccccc34)nc(-c3ccccc3)c2-c2ccc(-c3nc4ccccc4c4nc5ccccn5c34)cc2)cc1. The molecule has 51 heavy (non-hydrogen) atoms. The Morgan fingerprint density at radius 1 is 0.392 bits per heavy atom. The van der Waals surface area contributed by atoms with Gasteiger partial charge in [-0.25, -0.2) is 19.9 Å². The summed E-state index contributed by atoms with van der Waals surface area (Å²) in [6, 6.07) is 58.6. The smallest absolute Gasteiger partial charge is 0.161 e. The highest BCUT2D eigenvalue weighted by molar-refractivity contribution is 6.09. The Morgan fingerprint density at radius 3 is 1.73 bits per heavy atom. The summed E-state index contributed by atoms with van der Waals surface area (Å²) in [5, 5.41) is 3.32. The Balaban J connectivity index is 1.22. The summed E-state index contributed by atoms with van der Waals surface area (Å²) in [7, 11) is 0.